The number of aliphatic hydroxyl groups is 1. The van der Waals surface area contributed by atoms with Gasteiger partial charge in [-0.1, -0.05) is 37.3 Å². The average Bonchev–Trinajstić information content (AvgIpc) is 2.62. The van der Waals surface area contributed by atoms with E-state index in [0.717, 1.165) is 23.1 Å². The van der Waals surface area contributed by atoms with Crippen molar-refractivity contribution in [1.82, 2.24) is 15.2 Å². The summed E-state index contributed by atoms with van der Waals surface area (Å²) in [5.41, 5.74) is 3.20. The van der Waals surface area contributed by atoms with Crippen LogP contribution >= 0.6 is 0 Å². The minimum Gasteiger partial charge on any atom is -0.395 e. The minimum absolute atomic E-state index is 0.0262. The number of amides is 2. The van der Waals surface area contributed by atoms with Gasteiger partial charge in [0.05, 0.1) is 12.6 Å². The van der Waals surface area contributed by atoms with Crippen LogP contribution in [0.2, 0.25) is 0 Å². The molecule has 0 radical (unpaired) electrons. The Labute approximate surface area is 143 Å². The molecule has 5 nitrogen and oxygen atoms in total. The van der Waals surface area contributed by atoms with Crippen LogP contribution in [-0.4, -0.2) is 40.7 Å². The molecule has 0 saturated heterocycles. The second kappa shape index (κ2) is 9.03. The molecule has 5 heteroatoms. The van der Waals surface area contributed by atoms with E-state index in [1.54, 1.807) is 11.1 Å². The highest BCUT2D eigenvalue weighted by atomic mass is 16.3. The molecule has 0 bridgehead atoms. The molecule has 1 aromatic carbocycles. The molecule has 0 spiro atoms. The third-order valence-corrected chi connectivity index (χ3v) is 3.90. The van der Waals surface area contributed by atoms with Gasteiger partial charge in [0, 0.05) is 25.5 Å². The fourth-order valence-corrected chi connectivity index (χ4v) is 2.56. The maximum atomic E-state index is 12.3. The summed E-state index contributed by atoms with van der Waals surface area (Å²) in [5, 5.41) is 12.1. The van der Waals surface area contributed by atoms with E-state index in [9.17, 15) is 4.79 Å². The van der Waals surface area contributed by atoms with Crippen LogP contribution in [0.3, 0.4) is 0 Å². The lowest BCUT2D eigenvalue weighted by molar-refractivity contribution is 0.174. The number of benzene rings is 1. The molecule has 0 aliphatic carbocycles. The summed E-state index contributed by atoms with van der Waals surface area (Å²) in [5.74, 6) is 0. The minimum atomic E-state index is -0.144. The number of nitrogens with one attached hydrogen (secondary N) is 1. The molecule has 2 amide bonds. The van der Waals surface area contributed by atoms with E-state index in [-0.39, 0.29) is 18.7 Å². The zero-order valence-corrected chi connectivity index (χ0v) is 14.3. The third kappa shape index (κ3) is 4.80. The van der Waals surface area contributed by atoms with Gasteiger partial charge in [0.25, 0.3) is 0 Å². The van der Waals surface area contributed by atoms with Gasteiger partial charge in [0.15, 0.2) is 0 Å². The SMILES string of the molecule is CCCN(CCO)C(=O)NC(C)c1ccc(-c2cccnc2)cc1. The first-order valence-corrected chi connectivity index (χ1v) is 8.32. The highest BCUT2D eigenvalue weighted by Crippen LogP contribution is 2.21. The Hall–Kier alpha value is -2.40. The number of aliphatic hydroxyl groups excluding tert-OH is 1. The van der Waals surface area contributed by atoms with Crippen LogP contribution in [0.5, 0.6) is 0 Å². The highest BCUT2D eigenvalue weighted by Gasteiger charge is 2.15. The smallest absolute Gasteiger partial charge is 0.317 e. The van der Waals surface area contributed by atoms with E-state index < -0.39 is 0 Å². The van der Waals surface area contributed by atoms with Crippen molar-refractivity contribution in [3.8, 4) is 11.1 Å². The van der Waals surface area contributed by atoms with Gasteiger partial charge in [-0.05, 0) is 36.1 Å². The number of urea groups is 1. The van der Waals surface area contributed by atoms with Crippen molar-refractivity contribution < 1.29 is 9.90 Å². The van der Waals surface area contributed by atoms with Crippen molar-refractivity contribution in [2.45, 2.75) is 26.3 Å². The monoisotopic (exact) mass is 327 g/mol. The van der Waals surface area contributed by atoms with Crippen molar-refractivity contribution in [3.63, 3.8) is 0 Å². The first-order chi connectivity index (χ1) is 11.7. The lowest BCUT2D eigenvalue weighted by atomic mass is 10.0. The van der Waals surface area contributed by atoms with Crippen LogP contribution in [0.4, 0.5) is 4.79 Å². The molecule has 1 aromatic heterocycles. The summed E-state index contributed by atoms with van der Waals surface area (Å²) >= 11 is 0. The third-order valence-electron chi connectivity index (χ3n) is 3.90. The van der Waals surface area contributed by atoms with Crippen molar-refractivity contribution in [1.29, 1.82) is 0 Å². The van der Waals surface area contributed by atoms with Crippen LogP contribution in [0, 0.1) is 0 Å². The predicted octanol–water partition coefficient (Wildman–Crippen LogP) is 3.22. The fraction of sp³-hybridized carbons (Fsp3) is 0.368. The van der Waals surface area contributed by atoms with E-state index in [0.29, 0.717) is 13.1 Å². The number of rotatable bonds is 7. The number of hydrogen-bond donors (Lipinski definition) is 2. The summed E-state index contributed by atoms with van der Waals surface area (Å²) in [6.07, 6.45) is 4.45. The van der Waals surface area contributed by atoms with Gasteiger partial charge in [-0.15, -0.1) is 0 Å². The number of carbonyl (C=O) groups is 1. The Morgan fingerprint density at radius 3 is 2.54 bits per heavy atom. The maximum absolute atomic E-state index is 12.3. The number of hydrogen-bond acceptors (Lipinski definition) is 3. The molecule has 0 aliphatic heterocycles. The van der Waals surface area contributed by atoms with Gasteiger partial charge < -0.3 is 15.3 Å². The normalized spacial score (nSPS) is 11.8. The van der Waals surface area contributed by atoms with Gasteiger partial charge in [0.1, 0.15) is 0 Å². The van der Waals surface area contributed by atoms with Crippen molar-refractivity contribution in [2.24, 2.45) is 0 Å². The largest absolute Gasteiger partial charge is 0.395 e. The van der Waals surface area contributed by atoms with Gasteiger partial charge in [-0.3, -0.25) is 4.98 Å². The maximum Gasteiger partial charge on any atom is 0.317 e. The van der Waals surface area contributed by atoms with Crippen LogP contribution in [0.25, 0.3) is 11.1 Å². The molecule has 2 rings (SSSR count). The highest BCUT2D eigenvalue weighted by molar-refractivity contribution is 5.74. The Kier molecular flexibility index (Phi) is 6.75. The summed E-state index contributed by atoms with van der Waals surface area (Å²) in [7, 11) is 0. The summed E-state index contributed by atoms with van der Waals surface area (Å²) in [6, 6.07) is 11.8. The van der Waals surface area contributed by atoms with Gasteiger partial charge in [-0.2, -0.15) is 0 Å². The standard InChI is InChI=1S/C19H25N3O2/c1-3-11-22(12-13-23)19(24)21-15(2)16-6-8-17(9-7-16)18-5-4-10-20-14-18/h4-10,14-15,23H,3,11-13H2,1-2H3,(H,21,24). The zero-order valence-electron chi connectivity index (χ0n) is 14.3. The lowest BCUT2D eigenvalue weighted by Crippen LogP contribution is -2.42. The summed E-state index contributed by atoms with van der Waals surface area (Å²) < 4.78 is 0. The number of carbonyl (C=O) groups excluding carboxylic acids is 1. The molecule has 24 heavy (non-hydrogen) atoms. The second-order valence-corrected chi connectivity index (χ2v) is 5.75. The molecular formula is C19H25N3O2. The van der Waals surface area contributed by atoms with Crippen molar-refractivity contribution in [3.05, 3.63) is 54.4 Å². The molecule has 1 heterocycles. The number of nitrogens with zero attached hydrogens (tertiary/aromatic N) is 2. The topological polar surface area (TPSA) is 65.5 Å². The fourth-order valence-electron chi connectivity index (χ4n) is 2.56. The van der Waals surface area contributed by atoms with E-state index in [4.69, 9.17) is 5.11 Å². The Morgan fingerprint density at radius 2 is 1.96 bits per heavy atom. The van der Waals surface area contributed by atoms with E-state index in [1.165, 1.54) is 0 Å². The average molecular weight is 327 g/mol. The van der Waals surface area contributed by atoms with Gasteiger partial charge in [0.2, 0.25) is 0 Å². The molecule has 1 unspecified atom stereocenters. The predicted molar refractivity (Wildman–Crippen MR) is 95.6 cm³/mol. The quantitative estimate of drug-likeness (QED) is 0.820. The van der Waals surface area contributed by atoms with Crippen LogP contribution < -0.4 is 5.32 Å². The Balaban J connectivity index is 2.02. The summed E-state index contributed by atoms with van der Waals surface area (Å²) in [4.78, 5) is 18.1. The van der Waals surface area contributed by atoms with Gasteiger partial charge in [-0.25, -0.2) is 4.79 Å². The van der Waals surface area contributed by atoms with Crippen molar-refractivity contribution in [2.75, 3.05) is 19.7 Å². The number of pyridine rings is 1. The summed E-state index contributed by atoms with van der Waals surface area (Å²) in [6.45, 7) is 4.94. The van der Waals surface area contributed by atoms with E-state index in [1.807, 2.05) is 56.4 Å². The van der Waals surface area contributed by atoms with Gasteiger partial charge >= 0.3 is 6.03 Å². The van der Waals surface area contributed by atoms with Crippen LogP contribution in [0.15, 0.2) is 48.8 Å². The molecule has 2 N–H and O–H groups in total. The molecule has 0 saturated carbocycles. The first kappa shape index (κ1) is 17.9. The van der Waals surface area contributed by atoms with Crippen LogP contribution in [-0.2, 0) is 0 Å². The Bertz CT molecular complexity index is 623. The van der Waals surface area contributed by atoms with Crippen molar-refractivity contribution >= 4 is 6.03 Å². The molecule has 128 valence electrons. The molecular weight excluding hydrogens is 302 g/mol. The molecule has 0 fully saturated rings. The van der Waals surface area contributed by atoms with E-state index in [2.05, 4.69) is 10.3 Å². The lowest BCUT2D eigenvalue weighted by Gasteiger charge is -2.24. The Morgan fingerprint density at radius 1 is 1.21 bits per heavy atom. The molecule has 0 aliphatic rings. The van der Waals surface area contributed by atoms with Crippen LogP contribution in [0.1, 0.15) is 31.9 Å². The zero-order chi connectivity index (χ0) is 17.4. The first-order valence-electron chi connectivity index (χ1n) is 8.32. The van der Waals surface area contributed by atoms with E-state index >= 15 is 0 Å². The molecule has 1 atom stereocenters. The second-order valence-electron chi connectivity index (χ2n) is 5.75. The molecule has 2 aromatic rings. The number of aromatic nitrogens is 1.